The minimum Gasteiger partial charge on any atom is -0.346 e. The topological polar surface area (TPSA) is 113 Å². The van der Waals surface area contributed by atoms with Gasteiger partial charge in [-0.25, -0.2) is 0 Å². The van der Waals surface area contributed by atoms with E-state index in [1.807, 2.05) is 0 Å². The van der Waals surface area contributed by atoms with Crippen molar-refractivity contribution in [3.63, 3.8) is 0 Å². The van der Waals surface area contributed by atoms with Crippen LogP contribution in [0.2, 0.25) is 0 Å². The van der Waals surface area contributed by atoms with Crippen LogP contribution in [0.4, 0.5) is 5.69 Å². The molecule has 0 aliphatic carbocycles. The highest BCUT2D eigenvalue weighted by Crippen LogP contribution is 2.22. The standard InChI is InChI=1S/C14H17N5O3.ClH/c1-8-4-5-15-7-12(8)16-14(20)13-10-6-9(19(21)22)2-3-11(10)17-18-13;/h2-3,6,8,12,15H,4-5,7H2,1H3,(H,16,20)(H,17,18);1H. The summed E-state index contributed by atoms with van der Waals surface area (Å²) in [6, 6.07) is 4.35. The molecule has 3 N–H and O–H groups in total. The fraction of sp³-hybridized carbons (Fsp3) is 0.429. The first kappa shape index (κ1) is 17.2. The van der Waals surface area contributed by atoms with E-state index in [2.05, 4.69) is 27.8 Å². The molecule has 1 amide bonds. The molecule has 23 heavy (non-hydrogen) atoms. The SMILES string of the molecule is CC1CCNCC1NC(=O)c1n[nH]c2ccc([N+](=O)[O-])cc12.Cl. The van der Waals surface area contributed by atoms with Gasteiger partial charge in [0.05, 0.1) is 10.4 Å². The maximum atomic E-state index is 12.4. The van der Waals surface area contributed by atoms with Crippen molar-refractivity contribution in [2.24, 2.45) is 5.92 Å². The van der Waals surface area contributed by atoms with Gasteiger partial charge in [0.25, 0.3) is 11.6 Å². The van der Waals surface area contributed by atoms with Crippen LogP contribution < -0.4 is 10.6 Å². The van der Waals surface area contributed by atoms with Crippen LogP contribution in [0.5, 0.6) is 0 Å². The zero-order valence-electron chi connectivity index (χ0n) is 12.5. The summed E-state index contributed by atoms with van der Waals surface area (Å²) >= 11 is 0. The molecule has 124 valence electrons. The van der Waals surface area contributed by atoms with Crippen molar-refractivity contribution in [3.05, 3.63) is 34.0 Å². The van der Waals surface area contributed by atoms with Gasteiger partial charge in [-0.05, 0) is 24.9 Å². The summed E-state index contributed by atoms with van der Waals surface area (Å²) in [5, 5.41) is 24.3. The lowest BCUT2D eigenvalue weighted by atomic mass is 9.94. The van der Waals surface area contributed by atoms with Gasteiger partial charge in [0.2, 0.25) is 0 Å². The Bertz CT molecular complexity index is 732. The highest BCUT2D eigenvalue weighted by molar-refractivity contribution is 6.05. The van der Waals surface area contributed by atoms with E-state index in [9.17, 15) is 14.9 Å². The molecule has 0 radical (unpaired) electrons. The number of nitrogens with zero attached hydrogens (tertiary/aromatic N) is 2. The average molecular weight is 340 g/mol. The van der Waals surface area contributed by atoms with Gasteiger partial charge < -0.3 is 10.6 Å². The van der Waals surface area contributed by atoms with Crippen LogP contribution in [-0.4, -0.2) is 40.2 Å². The Morgan fingerprint density at radius 2 is 2.26 bits per heavy atom. The molecule has 0 saturated carbocycles. The van der Waals surface area contributed by atoms with Crippen molar-refractivity contribution >= 4 is 34.9 Å². The van der Waals surface area contributed by atoms with E-state index >= 15 is 0 Å². The number of H-pyrrole nitrogens is 1. The first-order valence-corrected chi connectivity index (χ1v) is 7.20. The molecule has 1 aromatic carbocycles. The molecule has 2 aromatic rings. The number of nitro benzene ring substituents is 1. The van der Waals surface area contributed by atoms with Crippen LogP contribution >= 0.6 is 12.4 Å². The molecule has 9 heteroatoms. The molecule has 2 heterocycles. The minimum absolute atomic E-state index is 0. The summed E-state index contributed by atoms with van der Waals surface area (Å²) in [5.74, 6) is 0.0667. The third kappa shape index (κ3) is 3.43. The molecule has 1 aromatic heterocycles. The van der Waals surface area contributed by atoms with Gasteiger partial charge >= 0.3 is 0 Å². The number of nitro groups is 1. The van der Waals surface area contributed by atoms with Crippen molar-refractivity contribution in [3.8, 4) is 0 Å². The summed E-state index contributed by atoms with van der Waals surface area (Å²) in [4.78, 5) is 22.8. The predicted octanol–water partition coefficient (Wildman–Crippen LogP) is 1.62. The van der Waals surface area contributed by atoms with Gasteiger partial charge in [0.1, 0.15) is 0 Å². The summed E-state index contributed by atoms with van der Waals surface area (Å²) in [6.45, 7) is 3.76. The Labute approximate surface area is 138 Å². The van der Waals surface area contributed by atoms with Gasteiger partial charge in [-0.1, -0.05) is 6.92 Å². The lowest BCUT2D eigenvalue weighted by molar-refractivity contribution is -0.384. The van der Waals surface area contributed by atoms with Crippen molar-refractivity contribution in [1.29, 1.82) is 0 Å². The number of nitrogens with one attached hydrogen (secondary N) is 3. The van der Waals surface area contributed by atoms with Crippen LogP contribution in [0.25, 0.3) is 10.9 Å². The van der Waals surface area contributed by atoms with E-state index in [1.165, 1.54) is 12.1 Å². The number of piperidine rings is 1. The number of amides is 1. The van der Waals surface area contributed by atoms with Crippen molar-refractivity contribution in [2.75, 3.05) is 13.1 Å². The van der Waals surface area contributed by atoms with Crippen molar-refractivity contribution in [1.82, 2.24) is 20.8 Å². The monoisotopic (exact) mass is 339 g/mol. The first-order chi connectivity index (χ1) is 10.6. The lowest BCUT2D eigenvalue weighted by Crippen LogP contribution is -2.50. The Kier molecular flexibility index (Phi) is 5.17. The van der Waals surface area contributed by atoms with Gasteiger partial charge in [-0.3, -0.25) is 20.0 Å². The smallest absolute Gasteiger partial charge is 0.272 e. The van der Waals surface area contributed by atoms with Gasteiger partial charge in [0.15, 0.2) is 5.69 Å². The second-order valence-electron chi connectivity index (χ2n) is 5.61. The molecule has 1 saturated heterocycles. The summed E-state index contributed by atoms with van der Waals surface area (Å²) in [5.41, 5.74) is 0.734. The zero-order chi connectivity index (χ0) is 15.7. The maximum absolute atomic E-state index is 12.4. The zero-order valence-corrected chi connectivity index (χ0v) is 13.4. The molecular formula is C14H18ClN5O3. The summed E-state index contributed by atoms with van der Waals surface area (Å²) < 4.78 is 0. The maximum Gasteiger partial charge on any atom is 0.272 e. The van der Waals surface area contributed by atoms with Gasteiger partial charge in [-0.15, -0.1) is 12.4 Å². The van der Waals surface area contributed by atoms with Crippen molar-refractivity contribution in [2.45, 2.75) is 19.4 Å². The first-order valence-electron chi connectivity index (χ1n) is 7.20. The molecule has 0 spiro atoms. The quantitative estimate of drug-likeness (QED) is 0.581. The van der Waals surface area contributed by atoms with Crippen LogP contribution in [0.1, 0.15) is 23.8 Å². The second-order valence-corrected chi connectivity index (χ2v) is 5.61. The number of rotatable bonds is 3. The Morgan fingerprint density at radius 1 is 1.48 bits per heavy atom. The third-order valence-electron chi connectivity index (χ3n) is 4.12. The van der Waals surface area contributed by atoms with E-state index in [0.717, 1.165) is 19.5 Å². The number of non-ortho nitro benzene ring substituents is 1. The number of halogens is 1. The Morgan fingerprint density at radius 3 is 2.96 bits per heavy atom. The minimum atomic E-state index is -0.485. The summed E-state index contributed by atoms with van der Waals surface area (Å²) in [6.07, 6.45) is 0.998. The number of hydrogen-bond donors (Lipinski definition) is 3. The molecule has 8 nitrogen and oxygen atoms in total. The number of fused-ring (bicyclic) bond motifs is 1. The molecular weight excluding hydrogens is 322 g/mol. The Balaban J connectivity index is 0.00000192. The number of carbonyl (C=O) groups is 1. The second kappa shape index (κ2) is 6.93. The van der Waals surface area contributed by atoms with Crippen molar-refractivity contribution < 1.29 is 9.72 Å². The van der Waals surface area contributed by atoms with E-state index in [4.69, 9.17) is 0 Å². The summed E-state index contributed by atoms with van der Waals surface area (Å²) in [7, 11) is 0. The van der Waals surface area contributed by atoms with E-state index in [1.54, 1.807) is 6.07 Å². The van der Waals surface area contributed by atoms with Crippen LogP contribution in [0.3, 0.4) is 0 Å². The highest BCUT2D eigenvalue weighted by Gasteiger charge is 2.25. The van der Waals surface area contributed by atoms with Gasteiger partial charge in [-0.2, -0.15) is 5.10 Å². The van der Waals surface area contributed by atoms with E-state index in [-0.39, 0.29) is 35.7 Å². The number of aromatic amines is 1. The molecule has 1 aliphatic rings. The fourth-order valence-corrected chi connectivity index (χ4v) is 2.71. The van der Waals surface area contributed by atoms with Crippen LogP contribution in [0, 0.1) is 16.0 Å². The van der Waals surface area contributed by atoms with Crippen LogP contribution in [0.15, 0.2) is 18.2 Å². The fourth-order valence-electron chi connectivity index (χ4n) is 2.71. The molecule has 1 fully saturated rings. The lowest BCUT2D eigenvalue weighted by Gasteiger charge is -2.29. The third-order valence-corrected chi connectivity index (χ3v) is 4.12. The number of carbonyl (C=O) groups excluding carboxylic acids is 1. The molecule has 0 bridgehead atoms. The van der Waals surface area contributed by atoms with Gasteiger partial charge in [0, 0.05) is 30.1 Å². The van der Waals surface area contributed by atoms with Crippen LogP contribution in [-0.2, 0) is 0 Å². The highest BCUT2D eigenvalue weighted by atomic mass is 35.5. The Hall–Kier alpha value is -2.19. The van der Waals surface area contributed by atoms with E-state index in [0.29, 0.717) is 16.8 Å². The van der Waals surface area contributed by atoms with E-state index < -0.39 is 4.92 Å². The molecule has 2 unspecified atom stereocenters. The number of hydrogen-bond acceptors (Lipinski definition) is 5. The largest absolute Gasteiger partial charge is 0.346 e. The number of aromatic nitrogens is 2. The molecule has 2 atom stereocenters. The predicted molar refractivity (Wildman–Crippen MR) is 87.9 cm³/mol. The molecule has 3 rings (SSSR count). The molecule has 1 aliphatic heterocycles. The average Bonchev–Trinajstić information content (AvgIpc) is 2.92. The normalized spacial score (nSPS) is 20.7. The number of benzene rings is 1.